The third-order valence-electron chi connectivity index (χ3n) is 1.86. The van der Waals surface area contributed by atoms with E-state index in [1.54, 1.807) is 18.2 Å². The number of ether oxygens (including phenoxy) is 1. The van der Waals surface area contributed by atoms with E-state index in [2.05, 4.69) is 20.9 Å². The summed E-state index contributed by atoms with van der Waals surface area (Å²) in [5.41, 5.74) is 6.00. The third kappa shape index (κ3) is 2.49. The highest BCUT2D eigenvalue weighted by Crippen LogP contribution is 2.27. The largest absolute Gasteiger partial charge is 0.453 e. The molecule has 0 fully saturated rings. The standard InChI is InChI=1S/C11H8BrFN2O/c12-7-1-2-10(13)11(3-7)16-9-4-8(14)5-15-6-9/h1-6H,14H2. The lowest BCUT2D eigenvalue weighted by molar-refractivity contribution is 0.440. The Bertz CT molecular complexity index is 519. The first kappa shape index (κ1) is 10.9. The van der Waals surface area contributed by atoms with Crippen molar-refractivity contribution >= 4 is 21.6 Å². The number of pyridine rings is 1. The Balaban J connectivity index is 2.30. The van der Waals surface area contributed by atoms with Gasteiger partial charge in [0.05, 0.1) is 18.1 Å². The Morgan fingerprint density at radius 2 is 2.06 bits per heavy atom. The molecule has 0 spiro atoms. The molecule has 2 N–H and O–H groups in total. The van der Waals surface area contributed by atoms with Crippen LogP contribution in [0.1, 0.15) is 0 Å². The van der Waals surface area contributed by atoms with Crippen LogP contribution in [0.2, 0.25) is 0 Å². The number of hydrogen-bond donors (Lipinski definition) is 1. The van der Waals surface area contributed by atoms with Crippen molar-refractivity contribution < 1.29 is 9.13 Å². The van der Waals surface area contributed by atoms with Crippen LogP contribution in [0.25, 0.3) is 0 Å². The van der Waals surface area contributed by atoms with Gasteiger partial charge in [-0.25, -0.2) is 4.39 Å². The minimum absolute atomic E-state index is 0.127. The van der Waals surface area contributed by atoms with Crippen LogP contribution in [0.4, 0.5) is 10.1 Å². The summed E-state index contributed by atoms with van der Waals surface area (Å²) in [4.78, 5) is 3.85. The number of hydrogen-bond acceptors (Lipinski definition) is 3. The molecule has 1 aromatic carbocycles. The van der Waals surface area contributed by atoms with Crippen LogP contribution in [-0.2, 0) is 0 Å². The topological polar surface area (TPSA) is 48.1 Å². The molecule has 5 heteroatoms. The van der Waals surface area contributed by atoms with E-state index in [0.717, 1.165) is 4.47 Å². The van der Waals surface area contributed by atoms with Crippen LogP contribution in [0.5, 0.6) is 11.5 Å². The second-order valence-electron chi connectivity index (χ2n) is 3.13. The number of nitrogens with zero attached hydrogens (tertiary/aromatic N) is 1. The first-order valence-corrected chi connectivity index (χ1v) is 5.28. The maximum Gasteiger partial charge on any atom is 0.165 e. The monoisotopic (exact) mass is 282 g/mol. The fourth-order valence-electron chi connectivity index (χ4n) is 1.17. The van der Waals surface area contributed by atoms with E-state index >= 15 is 0 Å². The second-order valence-corrected chi connectivity index (χ2v) is 4.05. The fourth-order valence-corrected chi connectivity index (χ4v) is 1.51. The van der Waals surface area contributed by atoms with Gasteiger partial charge in [-0.05, 0) is 18.2 Å². The maximum atomic E-state index is 13.4. The quantitative estimate of drug-likeness (QED) is 0.919. The van der Waals surface area contributed by atoms with Crippen molar-refractivity contribution in [1.29, 1.82) is 0 Å². The number of halogens is 2. The molecule has 3 nitrogen and oxygen atoms in total. The number of nitrogens with two attached hydrogens (primary N) is 1. The molecule has 82 valence electrons. The van der Waals surface area contributed by atoms with Crippen molar-refractivity contribution in [1.82, 2.24) is 4.98 Å². The summed E-state index contributed by atoms with van der Waals surface area (Å²) in [5, 5.41) is 0. The summed E-state index contributed by atoms with van der Waals surface area (Å²) >= 11 is 3.24. The molecule has 0 saturated heterocycles. The Hall–Kier alpha value is -1.62. The van der Waals surface area contributed by atoms with Crippen molar-refractivity contribution in [2.24, 2.45) is 0 Å². The summed E-state index contributed by atoms with van der Waals surface area (Å²) in [6, 6.07) is 6.03. The van der Waals surface area contributed by atoms with E-state index in [0.29, 0.717) is 11.4 Å². The van der Waals surface area contributed by atoms with Crippen molar-refractivity contribution in [3.63, 3.8) is 0 Å². The average Bonchev–Trinajstić information content (AvgIpc) is 2.24. The molecule has 2 rings (SSSR count). The highest BCUT2D eigenvalue weighted by atomic mass is 79.9. The predicted molar refractivity (Wildman–Crippen MR) is 62.8 cm³/mol. The minimum atomic E-state index is -0.439. The summed E-state index contributed by atoms with van der Waals surface area (Å²) in [7, 11) is 0. The maximum absolute atomic E-state index is 13.4. The van der Waals surface area contributed by atoms with Gasteiger partial charge in [0.25, 0.3) is 0 Å². The molecule has 1 heterocycles. The van der Waals surface area contributed by atoms with E-state index in [9.17, 15) is 4.39 Å². The van der Waals surface area contributed by atoms with Gasteiger partial charge in [0, 0.05) is 10.5 Å². The molecule has 16 heavy (non-hydrogen) atoms. The van der Waals surface area contributed by atoms with E-state index in [1.807, 2.05) is 0 Å². The average molecular weight is 283 g/mol. The number of rotatable bonds is 2. The number of nitrogen functional groups attached to an aromatic ring is 1. The minimum Gasteiger partial charge on any atom is -0.453 e. The van der Waals surface area contributed by atoms with Gasteiger partial charge in [0.1, 0.15) is 5.75 Å². The first-order chi connectivity index (χ1) is 7.65. The van der Waals surface area contributed by atoms with E-state index < -0.39 is 5.82 Å². The molecule has 0 bridgehead atoms. The van der Waals surface area contributed by atoms with Crippen LogP contribution >= 0.6 is 15.9 Å². The van der Waals surface area contributed by atoms with E-state index in [1.165, 1.54) is 18.5 Å². The lowest BCUT2D eigenvalue weighted by atomic mass is 10.3. The molecule has 0 atom stereocenters. The highest BCUT2D eigenvalue weighted by molar-refractivity contribution is 9.10. The van der Waals surface area contributed by atoms with Crippen molar-refractivity contribution in [3.8, 4) is 11.5 Å². The number of anilines is 1. The van der Waals surface area contributed by atoms with Crippen molar-refractivity contribution in [2.75, 3.05) is 5.73 Å². The summed E-state index contributed by atoms with van der Waals surface area (Å²) < 4.78 is 19.4. The van der Waals surface area contributed by atoms with Gasteiger partial charge >= 0.3 is 0 Å². The molecular weight excluding hydrogens is 275 g/mol. The lowest BCUT2D eigenvalue weighted by Crippen LogP contribution is -1.91. The fraction of sp³-hybridized carbons (Fsp3) is 0. The van der Waals surface area contributed by atoms with Gasteiger partial charge in [-0.3, -0.25) is 4.98 Å². The Morgan fingerprint density at radius 1 is 1.25 bits per heavy atom. The van der Waals surface area contributed by atoms with Gasteiger partial charge in [-0.15, -0.1) is 0 Å². The Morgan fingerprint density at radius 3 is 2.81 bits per heavy atom. The van der Waals surface area contributed by atoms with Gasteiger partial charge in [-0.2, -0.15) is 0 Å². The third-order valence-corrected chi connectivity index (χ3v) is 2.35. The van der Waals surface area contributed by atoms with E-state index in [-0.39, 0.29) is 5.75 Å². The summed E-state index contributed by atoms with van der Waals surface area (Å²) in [5.74, 6) is 0.0874. The van der Waals surface area contributed by atoms with Crippen LogP contribution in [-0.4, -0.2) is 4.98 Å². The second kappa shape index (κ2) is 4.49. The molecular formula is C11H8BrFN2O. The van der Waals surface area contributed by atoms with Crippen LogP contribution in [0, 0.1) is 5.82 Å². The molecule has 0 saturated carbocycles. The van der Waals surface area contributed by atoms with Crippen LogP contribution in [0.15, 0.2) is 41.1 Å². The first-order valence-electron chi connectivity index (χ1n) is 4.48. The van der Waals surface area contributed by atoms with Crippen molar-refractivity contribution in [3.05, 3.63) is 46.9 Å². The normalized spacial score (nSPS) is 10.1. The highest BCUT2D eigenvalue weighted by Gasteiger charge is 2.05. The van der Waals surface area contributed by atoms with Gasteiger partial charge in [-0.1, -0.05) is 15.9 Å². The number of aromatic nitrogens is 1. The molecule has 0 amide bonds. The smallest absolute Gasteiger partial charge is 0.165 e. The molecule has 0 unspecified atom stereocenters. The zero-order chi connectivity index (χ0) is 11.5. The number of benzene rings is 1. The van der Waals surface area contributed by atoms with Crippen molar-refractivity contribution in [2.45, 2.75) is 0 Å². The zero-order valence-electron chi connectivity index (χ0n) is 8.15. The van der Waals surface area contributed by atoms with Crippen LogP contribution in [0.3, 0.4) is 0 Å². The van der Waals surface area contributed by atoms with Gasteiger partial charge in [0.2, 0.25) is 0 Å². The molecule has 0 aliphatic rings. The molecule has 0 radical (unpaired) electrons. The molecule has 0 aliphatic carbocycles. The van der Waals surface area contributed by atoms with Gasteiger partial charge < -0.3 is 10.5 Å². The lowest BCUT2D eigenvalue weighted by Gasteiger charge is -2.07. The van der Waals surface area contributed by atoms with Crippen LogP contribution < -0.4 is 10.5 Å². The van der Waals surface area contributed by atoms with E-state index in [4.69, 9.17) is 10.5 Å². The SMILES string of the molecule is Nc1cncc(Oc2cc(Br)ccc2F)c1. The van der Waals surface area contributed by atoms with Gasteiger partial charge in [0.15, 0.2) is 11.6 Å². The molecule has 2 aromatic rings. The molecule has 1 aromatic heterocycles. The molecule has 0 aliphatic heterocycles. The summed E-state index contributed by atoms with van der Waals surface area (Å²) in [6.07, 6.45) is 2.96. The Kier molecular flexibility index (Phi) is 3.05. The predicted octanol–water partition coefficient (Wildman–Crippen LogP) is 3.36. The zero-order valence-corrected chi connectivity index (χ0v) is 9.74. The summed E-state index contributed by atoms with van der Waals surface area (Å²) in [6.45, 7) is 0. The Labute approximate surface area is 100 Å².